The van der Waals surface area contributed by atoms with E-state index in [1.165, 1.54) is 0 Å². The van der Waals surface area contributed by atoms with Crippen LogP contribution in [0.1, 0.15) is 38.5 Å². The molecule has 1 aliphatic heterocycles. The van der Waals surface area contributed by atoms with Crippen molar-refractivity contribution < 1.29 is 18.0 Å². The zero-order valence-corrected chi connectivity index (χ0v) is 15.7. The first-order valence-electron chi connectivity index (χ1n) is 8.55. The van der Waals surface area contributed by atoms with Gasteiger partial charge in [0.1, 0.15) is 0 Å². The second-order valence-electron chi connectivity index (χ2n) is 7.39. The number of rotatable bonds is 5. The summed E-state index contributed by atoms with van der Waals surface area (Å²) in [7, 11) is -0.102. The molecule has 1 saturated carbocycles. The lowest BCUT2D eigenvalue weighted by Gasteiger charge is -2.36. The lowest BCUT2D eigenvalue weighted by atomic mass is 9.84. The Morgan fingerprint density at radius 2 is 1.62 bits per heavy atom. The van der Waals surface area contributed by atoms with Gasteiger partial charge in [0.25, 0.3) is 0 Å². The normalized spacial score (nSPS) is 22.8. The standard InChI is InChI=1S/C16H29N3O4S/c1-19(2)14(21)15(6-4-5-7-15)12-18-13(20)16(24(3,22)23)8-10-17-11-9-16/h17H,4-12H2,1-3H3,(H,18,20). The van der Waals surface area contributed by atoms with E-state index in [0.29, 0.717) is 13.1 Å². The number of carbonyl (C=O) groups excluding carboxylic acids is 2. The van der Waals surface area contributed by atoms with Gasteiger partial charge >= 0.3 is 0 Å². The van der Waals surface area contributed by atoms with Gasteiger partial charge in [-0.2, -0.15) is 0 Å². The first-order chi connectivity index (χ1) is 11.1. The second-order valence-corrected chi connectivity index (χ2v) is 9.71. The van der Waals surface area contributed by atoms with Gasteiger partial charge < -0.3 is 15.5 Å². The Morgan fingerprint density at radius 1 is 1.08 bits per heavy atom. The molecule has 0 bridgehead atoms. The van der Waals surface area contributed by atoms with Crippen molar-refractivity contribution in [3.63, 3.8) is 0 Å². The molecular formula is C16H29N3O4S. The van der Waals surface area contributed by atoms with Gasteiger partial charge in [-0.15, -0.1) is 0 Å². The minimum Gasteiger partial charge on any atom is -0.354 e. The molecule has 1 heterocycles. The van der Waals surface area contributed by atoms with Crippen molar-refractivity contribution in [3.05, 3.63) is 0 Å². The molecule has 24 heavy (non-hydrogen) atoms. The third-order valence-corrected chi connectivity index (χ3v) is 7.56. The first kappa shape index (κ1) is 19.2. The quantitative estimate of drug-likeness (QED) is 0.716. The summed E-state index contributed by atoms with van der Waals surface area (Å²) in [6.07, 6.45) is 5.05. The van der Waals surface area contributed by atoms with Crippen LogP contribution in [0.25, 0.3) is 0 Å². The van der Waals surface area contributed by atoms with Crippen molar-refractivity contribution >= 4 is 21.7 Å². The van der Waals surface area contributed by atoms with E-state index in [1.807, 2.05) is 0 Å². The molecule has 2 amide bonds. The topological polar surface area (TPSA) is 95.6 Å². The number of hydrogen-bond acceptors (Lipinski definition) is 5. The summed E-state index contributed by atoms with van der Waals surface area (Å²) < 4.78 is 23.2. The number of piperidine rings is 1. The Balaban J connectivity index is 2.16. The van der Waals surface area contributed by atoms with Crippen molar-refractivity contribution in [2.75, 3.05) is 40.0 Å². The van der Waals surface area contributed by atoms with Crippen LogP contribution in [0.15, 0.2) is 0 Å². The summed E-state index contributed by atoms with van der Waals surface area (Å²) in [5.74, 6) is -0.441. The number of nitrogens with zero attached hydrogens (tertiary/aromatic N) is 1. The van der Waals surface area contributed by atoms with Crippen LogP contribution in [0.2, 0.25) is 0 Å². The molecule has 1 aliphatic carbocycles. The smallest absolute Gasteiger partial charge is 0.241 e. The number of hydrogen-bond donors (Lipinski definition) is 2. The molecule has 0 unspecified atom stereocenters. The molecule has 1 saturated heterocycles. The Kier molecular flexibility index (Phi) is 5.59. The number of amides is 2. The molecule has 2 N–H and O–H groups in total. The highest BCUT2D eigenvalue weighted by Gasteiger charge is 2.50. The summed E-state index contributed by atoms with van der Waals surface area (Å²) in [5.41, 5.74) is -0.592. The number of sulfone groups is 1. The fourth-order valence-corrected chi connectivity index (χ4v) is 5.35. The predicted octanol–water partition coefficient (Wildman–Crippen LogP) is -0.0820. The van der Waals surface area contributed by atoms with E-state index in [4.69, 9.17) is 0 Å². The van der Waals surface area contributed by atoms with Gasteiger partial charge in [0.05, 0.1) is 5.41 Å². The zero-order valence-electron chi connectivity index (χ0n) is 14.9. The van der Waals surface area contributed by atoms with E-state index in [1.54, 1.807) is 19.0 Å². The Bertz CT molecular complexity index is 588. The monoisotopic (exact) mass is 359 g/mol. The molecule has 2 aliphatic rings. The number of nitrogens with one attached hydrogen (secondary N) is 2. The second kappa shape index (κ2) is 7.00. The minimum absolute atomic E-state index is 0.0130. The molecule has 0 aromatic carbocycles. The lowest BCUT2D eigenvalue weighted by molar-refractivity contribution is -0.139. The summed E-state index contributed by atoms with van der Waals surface area (Å²) in [4.78, 5) is 27.0. The maximum atomic E-state index is 12.8. The van der Waals surface area contributed by atoms with Crippen molar-refractivity contribution in [3.8, 4) is 0 Å². The van der Waals surface area contributed by atoms with Crippen LogP contribution in [-0.2, 0) is 19.4 Å². The minimum atomic E-state index is -3.54. The molecule has 0 atom stereocenters. The van der Waals surface area contributed by atoms with Gasteiger partial charge in [0.2, 0.25) is 11.8 Å². The first-order valence-corrected chi connectivity index (χ1v) is 10.4. The SMILES string of the molecule is CN(C)C(=O)C1(CNC(=O)C2(S(C)(=O)=O)CCNCC2)CCCC1. The molecule has 2 fully saturated rings. The molecule has 8 heteroatoms. The van der Waals surface area contributed by atoms with E-state index in [9.17, 15) is 18.0 Å². The average Bonchev–Trinajstić information content (AvgIpc) is 3.01. The fourth-order valence-electron chi connectivity index (χ4n) is 4.00. The summed E-state index contributed by atoms with van der Waals surface area (Å²) in [5, 5.41) is 5.92. The van der Waals surface area contributed by atoms with Crippen LogP contribution < -0.4 is 10.6 Å². The summed E-state index contributed by atoms with van der Waals surface area (Å²) in [6, 6.07) is 0. The molecule has 138 valence electrons. The van der Waals surface area contributed by atoms with E-state index >= 15 is 0 Å². The van der Waals surface area contributed by atoms with Crippen LogP contribution in [0.4, 0.5) is 0 Å². The Hall–Kier alpha value is -1.15. The molecule has 0 spiro atoms. The van der Waals surface area contributed by atoms with Crippen LogP contribution in [0, 0.1) is 5.41 Å². The molecule has 0 aromatic rings. The maximum Gasteiger partial charge on any atom is 0.241 e. The van der Waals surface area contributed by atoms with Crippen LogP contribution >= 0.6 is 0 Å². The van der Waals surface area contributed by atoms with Crippen LogP contribution in [-0.4, -0.2) is 69.9 Å². The highest BCUT2D eigenvalue weighted by atomic mass is 32.2. The Morgan fingerprint density at radius 3 is 2.08 bits per heavy atom. The van der Waals surface area contributed by atoms with Crippen LogP contribution in [0.5, 0.6) is 0 Å². The molecular weight excluding hydrogens is 330 g/mol. The highest BCUT2D eigenvalue weighted by molar-refractivity contribution is 7.92. The molecule has 0 aromatic heterocycles. The van der Waals surface area contributed by atoms with Crippen molar-refractivity contribution in [2.24, 2.45) is 5.41 Å². The van der Waals surface area contributed by atoms with Gasteiger partial charge in [0.15, 0.2) is 14.6 Å². The van der Waals surface area contributed by atoms with Gasteiger partial charge in [0, 0.05) is 26.9 Å². The maximum absolute atomic E-state index is 12.8. The summed E-state index contributed by atoms with van der Waals surface area (Å²) >= 11 is 0. The van der Waals surface area contributed by atoms with Crippen molar-refractivity contribution in [1.29, 1.82) is 0 Å². The van der Waals surface area contributed by atoms with Gasteiger partial charge in [-0.05, 0) is 38.8 Å². The third-order valence-electron chi connectivity index (χ3n) is 5.54. The third kappa shape index (κ3) is 3.44. The van der Waals surface area contributed by atoms with E-state index in [2.05, 4.69) is 10.6 Å². The fraction of sp³-hybridized carbons (Fsp3) is 0.875. The van der Waals surface area contributed by atoms with E-state index in [-0.39, 0.29) is 25.3 Å². The Labute approximate surface area is 144 Å². The molecule has 2 rings (SSSR count). The zero-order chi connectivity index (χ0) is 18.0. The number of carbonyl (C=O) groups is 2. The van der Waals surface area contributed by atoms with Gasteiger partial charge in [-0.1, -0.05) is 12.8 Å². The highest BCUT2D eigenvalue weighted by Crippen LogP contribution is 2.39. The molecule has 7 nitrogen and oxygen atoms in total. The predicted molar refractivity (Wildman–Crippen MR) is 92.3 cm³/mol. The van der Waals surface area contributed by atoms with E-state index in [0.717, 1.165) is 31.9 Å². The van der Waals surface area contributed by atoms with Gasteiger partial charge in [-0.25, -0.2) is 8.42 Å². The van der Waals surface area contributed by atoms with E-state index < -0.39 is 25.9 Å². The van der Waals surface area contributed by atoms with Crippen LogP contribution in [0.3, 0.4) is 0 Å². The average molecular weight is 359 g/mol. The van der Waals surface area contributed by atoms with Crippen molar-refractivity contribution in [1.82, 2.24) is 15.5 Å². The van der Waals surface area contributed by atoms with Crippen molar-refractivity contribution in [2.45, 2.75) is 43.3 Å². The largest absolute Gasteiger partial charge is 0.354 e. The van der Waals surface area contributed by atoms with Gasteiger partial charge in [-0.3, -0.25) is 9.59 Å². The summed E-state index contributed by atoms with van der Waals surface area (Å²) in [6.45, 7) is 1.22. The lowest BCUT2D eigenvalue weighted by Crippen LogP contribution is -2.59. The molecule has 0 radical (unpaired) electrons.